The van der Waals surface area contributed by atoms with Crippen molar-refractivity contribution in [2.75, 3.05) is 19.7 Å². The molecule has 0 aliphatic carbocycles. The molecule has 2 aromatic rings. The van der Waals surface area contributed by atoms with E-state index in [-0.39, 0.29) is 17.0 Å². The fourth-order valence-corrected chi connectivity index (χ4v) is 5.41. The summed E-state index contributed by atoms with van der Waals surface area (Å²) in [6.07, 6.45) is 1.86. The van der Waals surface area contributed by atoms with E-state index in [0.717, 1.165) is 23.4 Å². The second-order valence-electron chi connectivity index (χ2n) is 8.75. The van der Waals surface area contributed by atoms with Crippen LogP contribution in [0.2, 0.25) is 0 Å². The lowest BCUT2D eigenvalue weighted by Gasteiger charge is -2.32. The average molecular weight is 418 g/mol. The molecule has 156 valence electrons. The Morgan fingerprint density at radius 3 is 2.52 bits per heavy atom. The minimum atomic E-state index is -3.56. The van der Waals surface area contributed by atoms with Crippen molar-refractivity contribution in [1.82, 2.24) is 14.1 Å². The molecular formula is C21H27N3O4S. The third kappa shape index (κ3) is 3.83. The van der Waals surface area contributed by atoms with Gasteiger partial charge >= 0.3 is 0 Å². The molecule has 2 aliphatic heterocycles. The van der Waals surface area contributed by atoms with Gasteiger partial charge in [-0.1, -0.05) is 20.8 Å². The standard InChI is InChI=1S/C21H27N3O4S/c1-21(2,3)19-6-7-20(25)24(22-19)16-8-11-23(12-9-16)29(26,27)17-4-5-18-15(14-17)10-13-28-18/h4-7,14,16H,8-13H2,1-3H3. The molecule has 2 aliphatic rings. The highest BCUT2D eigenvalue weighted by Crippen LogP contribution is 2.31. The summed E-state index contributed by atoms with van der Waals surface area (Å²) in [5.74, 6) is 0.770. The molecule has 3 heterocycles. The third-order valence-corrected chi connectivity index (χ3v) is 7.56. The number of hydrogen-bond donors (Lipinski definition) is 0. The Hall–Kier alpha value is -2.19. The molecule has 0 radical (unpaired) electrons. The van der Waals surface area contributed by atoms with Crippen LogP contribution in [0.5, 0.6) is 5.75 Å². The van der Waals surface area contributed by atoms with Gasteiger partial charge in [-0.25, -0.2) is 13.1 Å². The van der Waals surface area contributed by atoms with Crippen molar-refractivity contribution in [2.45, 2.75) is 56.4 Å². The highest BCUT2D eigenvalue weighted by Gasteiger charge is 2.32. The summed E-state index contributed by atoms with van der Waals surface area (Å²) in [7, 11) is -3.56. The second-order valence-corrected chi connectivity index (χ2v) is 10.7. The van der Waals surface area contributed by atoms with Crippen LogP contribution >= 0.6 is 0 Å². The Kier molecular flexibility index (Phi) is 5.02. The van der Waals surface area contributed by atoms with Crippen molar-refractivity contribution in [3.8, 4) is 5.75 Å². The predicted octanol–water partition coefficient (Wildman–Crippen LogP) is 2.50. The molecule has 0 atom stereocenters. The first kappa shape index (κ1) is 20.1. The van der Waals surface area contributed by atoms with Gasteiger partial charge in [0.15, 0.2) is 0 Å². The molecular weight excluding hydrogens is 390 g/mol. The van der Waals surface area contributed by atoms with Gasteiger partial charge < -0.3 is 4.74 Å². The lowest BCUT2D eigenvalue weighted by Crippen LogP contribution is -2.41. The van der Waals surface area contributed by atoms with Gasteiger partial charge in [-0.3, -0.25) is 4.79 Å². The minimum Gasteiger partial charge on any atom is -0.493 e. The molecule has 8 heteroatoms. The van der Waals surface area contributed by atoms with Crippen LogP contribution < -0.4 is 10.3 Å². The summed E-state index contributed by atoms with van der Waals surface area (Å²) in [6, 6.07) is 8.32. The van der Waals surface area contributed by atoms with Gasteiger partial charge in [-0.05, 0) is 42.7 Å². The smallest absolute Gasteiger partial charge is 0.267 e. The second kappa shape index (κ2) is 7.25. The van der Waals surface area contributed by atoms with Crippen LogP contribution in [0.3, 0.4) is 0 Å². The fourth-order valence-electron chi connectivity index (χ4n) is 3.89. The van der Waals surface area contributed by atoms with Crippen molar-refractivity contribution < 1.29 is 13.2 Å². The predicted molar refractivity (Wildman–Crippen MR) is 110 cm³/mol. The summed E-state index contributed by atoms with van der Waals surface area (Å²) in [6.45, 7) is 7.51. The van der Waals surface area contributed by atoms with Gasteiger partial charge in [-0.15, -0.1) is 0 Å². The van der Waals surface area contributed by atoms with E-state index >= 15 is 0 Å². The monoisotopic (exact) mass is 417 g/mol. The van der Waals surface area contributed by atoms with E-state index in [1.165, 1.54) is 8.99 Å². The minimum absolute atomic E-state index is 0.0929. The Bertz CT molecular complexity index is 1080. The maximum Gasteiger partial charge on any atom is 0.267 e. The molecule has 4 rings (SSSR count). The van der Waals surface area contributed by atoms with Crippen LogP contribution in [0.15, 0.2) is 40.0 Å². The highest BCUT2D eigenvalue weighted by atomic mass is 32.2. The molecule has 0 bridgehead atoms. The van der Waals surface area contributed by atoms with Gasteiger partial charge in [0.25, 0.3) is 5.56 Å². The number of nitrogens with zero attached hydrogens (tertiary/aromatic N) is 3. The number of aromatic nitrogens is 2. The van der Waals surface area contributed by atoms with Gasteiger partial charge in [0.05, 0.1) is 23.2 Å². The van der Waals surface area contributed by atoms with Crippen LogP contribution in [0.25, 0.3) is 0 Å². The van der Waals surface area contributed by atoms with E-state index in [2.05, 4.69) is 25.9 Å². The van der Waals surface area contributed by atoms with E-state index in [4.69, 9.17) is 4.74 Å². The number of fused-ring (bicyclic) bond motifs is 1. The van der Waals surface area contributed by atoms with E-state index in [1.807, 2.05) is 0 Å². The summed E-state index contributed by atoms with van der Waals surface area (Å²) >= 11 is 0. The molecule has 0 spiro atoms. The van der Waals surface area contributed by atoms with Crippen molar-refractivity contribution in [3.63, 3.8) is 0 Å². The fraction of sp³-hybridized carbons (Fsp3) is 0.524. The van der Waals surface area contributed by atoms with Crippen molar-refractivity contribution >= 4 is 10.0 Å². The molecule has 1 saturated heterocycles. The Morgan fingerprint density at radius 2 is 1.83 bits per heavy atom. The lowest BCUT2D eigenvalue weighted by molar-refractivity contribution is 0.252. The quantitative estimate of drug-likeness (QED) is 0.766. The molecule has 0 amide bonds. The number of sulfonamides is 1. The average Bonchev–Trinajstić information content (AvgIpc) is 3.15. The SMILES string of the molecule is CC(C)(C)c1ccc(=O)n(C2CCN(S(=O)(=O)c3ccc4c(c3)CCO4)CC2)n1. The van der Waals surface area contributed by atoms with Crippen molar-refractivity contribution in [3.05, 3.63) is 51.9 Å². The number of ether oxygens (including phenoxy) is 1. The zero-order chi connectivity index (χ0) is 20.8. The lowest BCUT2D eigenvalue weighted by atomic mass is 9.92. The maximum absolute atomic E-state index is 13.1. The number of piperidine rings is 1. The Balaban J connectivity index is 1.52. The molecule has 7 nitrogen and oxygen atoms in total. The summed E-state index contributed by atoms with van der Waals surface area (Å²) < 4.78 is 34.7. The van der Waals surface area contributed by atoms with Crippen LogP contribution in [-0.4, -0.2) is 42.2 Å². The van der Waals surface area contributed by atoms with E-state index in [0.29, 0.717) is 37.4 Å². The summed E-state index contributed by atoms with van der Waals surface area (Å²) in [5, 5.41) is 4.57. The Labute approximate surface area is 171 Å². The number of hydrogen-bond acceptors (Lipinski definition) is 5. The van der Waals surface area contributed by atoms with Gasteiger partial charge in [0.2, 0.25) is 10.0 Å². The van der Waals surface area contributed by atoms with Crippen LogP contribution in [-0.2, 0) is 21.9 Å². The summed E-state index contributed by atoms with van der Waals surface area (Å²) in [4.78, 5) is 12.7. The topological polar surface area (TPSA) is 81.5 Å². The normalized spacial score (nSPS) is 18.4. The third-order valence-electron chi connectivity index (χ3n) is 5.66. The van der Waals surface area contributed by atoms with E-state index < -0.39 is 10.0 Å². The van der Waals surface area contributed by atoms with E-state index in [1.54, 1.807) is 30.3 Å². The summed E-state index contributed by atoms with van der Waals surface area (Å²) in [5.41, 5.74) is 1.50. The first-order valence-electron chi connectivity index (χ1n) is 10.0. The molecule has 1 aromatic carbocycles. The first-order valence-corrected chi connectivity index (χ1v) is 11.5. The largest absolute Gasteiger partial charge is 0.493 e. The van der Waals surface area contributed by atoms with Crippen LogP contribution in [0.4, 0.5) is 0 Å². The zero-order valence-electron chi connectivity index (χ0n) is 17.1. The number of rotatable bonds is 3. The van der Waals surface area contributed by atoms with Gasteiger partial charge in [0, 0.05) is 31.0 Å². The van der Waals surface area contributed by atoms with Crippen molar-refractivity contribution in [2.24, 2.45) is 0 Å². The molecule has 0 unspecified atom stereocenters. The molecule has 1 aromatic heterocycles. The highest BCUT2D eigenvalue weighted by molar-refractivity contribution is 7.89. The molecule has 0 saturated carbocycles. The zero-order valence-corrected chi connectivity index (χ0v) is 17.9. The van der Waals surface area contributed by atoms with Crippen LogP contribution in [0.1, 0.15) is 50.9 Å². The molecule has 1 fully saturated rings. The van der Waals surface area contributed by atoms with E-state index in [9.17, 15) is 13.2 Å². The van der Waals surface area contributed by atoms with Gasteiger partial charge in [-0.2, -0.15) is 9.40 Å². The number of benzene rings is 1. The molecule has 29 heavy (non-hydrogen) atoms. The Morgan fingerprint density at radius 1 is 1.10 bits per heavy atom. The van der Waals surface area contributed by atoms with Crippen LogP contribution in [0, 0.1) is 0 Å². The van der Waals surface area contributed by atoms with Gasteiger partial charge in [0.1, 0.15) is 5.75 Å². The first-order chi connectivity index (χ1) is 13.7. The van der Waals surface area contributed by atoms with Crippen molar-refractivity contribution in [1.29, 1.82) is 0 Å². The maximum atomic E-state index is 13.1. The molecule has 0 N–H and O–H groups in total.